The van der Waals surface area contributed by atoms with Crippen LogP contribution in [-0.4, -0.2) is 27.8 Å². The molecule has 0 fully saturated rings. The predicted octanol–water partition coefficient (Wildman–Crippen LogP) is 4.46. The maximum absolute atomic E-state index is 13.4. The number of para-hydroxylation sites is 2. The lowest BCUT2D eigenvalue weighted by molar-refractivity contribution is 0.0579. The molecular weight excluding hydrogens is 354 g/mol. The van der Waals surface area contributed by atoms with Crippen LogP contribution in [0.3, 0.4) is 0 Å². The third kappa shape index (κ3) is 3.76. The van der Waals surface area contributed by atoms with Crippen molar-refractivity contribution in [3.63, 3.8) is 0 Å². The molecule has 146 valence electrons. The molecule has 0 saturated carbocycles. The van der Waals surface area contributed by atoms with Gasteiger partial charge in [0.05, 0.1) is 16.6 Å². The number of rotatable bonds is 3. The number of ether oxygens (including phenoxy) is 1. The highest BCUT2D eigenvalue weighted by molar-refractivity contribution is 5.89. The van der Waals surface area contributed by atoms with Crippen LogP contribution >= 0.6 is 0 Å². The number of fused-ring (bicyclic) bond motifs is 1. The Morgan fingerprint density at radius 2 is 1.79 bits per heavy atom. The molecule has 3 rings (SSSR count). The zero-order chi connectivity index (χ0) is 20.5. The van der Waals surface area contributed by atoms with E-state index in [2.05, 4.69) is 0 Å². The average molecular weight is 379 g/mol. The smallest absolute Gasteiger partial charge is 0.417 e. The molecule has 6 nitrogen and oxygen atoms in total. The van der Waals surface area contributed by atoms with Crippen molar-refractivity contribution < 1.29 is 9.53 Å². The molecular formula is C22H25N3O3. The molecule has 0 aliphatic rings. The van der Waals surface area contributed by atoms with Crippen LogP contribution in [0, 0.1) is 6.92 Å². The minimum Gasteiger partial charge on any atom is -0.443 e. The van der Waals surface area contributed by atoms with E-state index in [-0.39, 0.29) is 11.5 Å². The molecule has 0 bridgehead atoms. The number of carbonyl (C=O) groups excluding carboxylic acids is 1. The fourth-order valence-corrected chi connectivity index (χ4v) is 3.00. The molecule has 0 atom stereocenters. The summed E-state index contributed by atoms with van der Waals surface area (Å²) < 4.78 is 7.02. The topological polar surface area (TPSA) is 64.4 Å². The molecule has 1 amide bonds. The van der Waals surface area contributed by atoms with Gasteiger partial charge in [-0.25, -0.2) is 19.2 Å². The fourth-order valence-electron chi connectivity index (χ4n) is 3.00. The van der Waals surface area contributed by atoms with E-state index >= 15 is 0 Å². The van der Waals surface area contributed by atoms with E-state index in [4.69, 9.17) is 9.72 Å². The SMILES string of the molecule is CCN(C(=O)OC(C)(C)C)c1nc2c(C)cccc2c(=O)n1-c1ccccc1. The number of amides is 1. The van der Waals surface area contributed by atoms with Crippen molar-refractivity contribution in [2.24, 2.45) is 0 Å². The van der Waals surface area contributed by atoms with Crippen LogP contribution in [0.4, 0.5) is 10.7 Å². The second-order valence-electron chi connectivity index (χ2n) is 7.58. The van der Waals surface area contributed by atoms with Gasteiger partial charge in [-0.1, -0.05) is 30.3 Å². The maximum atomic E-state index is 13.4. The van der Waals surface area contributed by atoms with Crippen molar-refractivity contribution in [1.29, 1.82) is 0 Å². The summed E-state index contributed by atoms with van der Waals surface area (Å²) >= 11 is 0. The second kappa shape index (κ2) is 7.46. The molecule has 0 spiro atoms. The molecule has 6 heteroatoms. The summed E-state index contributed by atoms with van der Waals surface area (Å²) in [4.78, 5) is 32.3. The van der Waals surface area contributed by atoms with Gasteiger partial charge in [-0.3, -0.25) is 4.79 Å². The van der Waals surface area contributed by atoms with Gasteiger partial charge in [-0.05, 0) is 58.4 Å². The molecule has 0 unspecified atom stereocenters. The molecule has 0 radical (unpaired) electrons. The van der Waals surface area contributed by atoms with Crippen LogP contribution in [0.5, 0.6) is 0 Å². The number of hydrogen-bond donors (Lipinski definition) is 0. The van der Waals surface area contributed by atoms with Crippen LogP contribution in [0.2, 0.25) is 0 Å². The standard InChI is InChI=1S/C22H25N3O3/c1-6-24(21(27)28-22(3,4)5)20-23-18-15(2)11-10-14-17(18)19(26)25(20)16-12-8-7-9-13-16/h7-14H,6H2,1-5H3. The minimum atomic E-state index is -0.658. The first-order chi connectivity index (χ1) is 13.2. The number of hydrogen-bond acceptors (Lipinski definition) is 4. The van der Waals surface area contributed by atoms with Crippen molar-refractivity contribution in [3.8, 4) is 5.69 Å². The van der Waals surface area contributed by atoms with Crippen LogP contribution in [0.15, 0.2) is 53.3 Å². The molecule has 2 aromatic carbocycles. The third-order valence-electron chi connectivity index (χ3n) is 4.27. The molecule has 1 aromatic heterocycles. The summed E-state index contributed by atoms with van der Waals surface area (Å²) in [5.41, 5.74) is 1.21. The Morgan fingerprint density at radius 3 is 2.39 bits per heavy atom. The monoisotopic (exact) mass is 379 g/mol. The van der Waals surface area contributed by atoms with Gasteiger partial charge in [-0.15, -0.1) is 0 Å². The molecule has 28 heavy (non-hydrogen) atoms. The Labute approximate surface area is 164 Å². The van der Waals surface area contributed by atoms with Crippen LogP contribution in [-0.2, 0) is 4.74 Å². The van der Waals surface area contributed by atoms with Crippen molar-refractivity contribution in [3.05, 3.63) is 64.4 Å². The lowest BCUT2D eigenvalue weighted by atomic mass is 10.1. The van der Waals surface area contributed by atoms with Gasteiger partial charge in [0.2, 0.25) is 5.95 Å². The highest BCUT2D eigenvalue weighted by Crippen LogP contribution is 2.23. The van der Waals surface area contributed by atoms with Gasteiger partial charge in [-0.2, -0.15) is 0 Å². The van der Waals surface area contributed by atoms with Gasteiger partial charge < -0.3 is 4.74 Å². The van der Waals surface area contributed by atoms with Gasteiger partial charge in [0.1, 0.15) is 5.60 Å². The number of nitrogens with zero attached hydrogens (tertiary/aromatic N) is 3. The van der Waals surface area contributed by atoms with E-state index in [1.165, 1.54) is 9.47 Å². The van der Waals surface area contributed by atoms with E-state index in [1.54, 1.807) is 26.8 Å². The number of carbonyl (C=O) groups is 1. The number of aryl methyl sites for hydroxylation is 1. The molecule has 1 heterocycles. The fraction of sp³-hybridized carbons (Fsp3) is 0.318. The lowest BCUT2D eigenvalue weighted by Crippen LogP contribution is -2.40. The Hall–Kier alpha value is -3.15. The predicted molar refractivity (Wildman–Crippen MR) is 111 cm³/mol. The first-order valence-corrected chi connectivity index (χ1v) is 9.31. The third-order valence-corrected chi connectivity index (χ3v) is 4.27. The summed E-state index contributed by atoms with van der Waals surface area (Å²) in [6, 6.07) is 14.7. The van der Waals surface area contributed by atoms with E-state index in [0.717, 1.165) is 5.56 Å². The zero-order valence-electron chi connectivity index (χ0n) is 16.9. The summed E-state index contributed by atoms with van der Waals surface area (Å²) in [5.74, 6) is 0.245. The summed E-state index contributed by atoms with van der Waals surface area (Å²) in [6.45, 7) is 9.46. The maximum Gasteiger partial charge on any atom is 0.417 e. The van der Waals surface area contributed by atoms with Gasteiger partial charge >= 0.3 is 6.09 Å². The van der Waals surface area contributed by atoms with E-state index in [1.807, 2.05) is 56.3 Å². The second-order valence-corrected chi connectivity index (χ2v) is 7.58. The van der Waals surface area contributed by atoms with Gasteiger partial charge in [0, 0.05) is 6.54 Å². The van der Waals surface area contributed by atoms with Crippen LogP contribution < -0.4 is 10.5 Å². The number of anilines is 1. The highest BCUT2D eigenvalue weighted by atomic mass is 16.6. The molecule has 0 saturated heterocycles. The van der Waals surface area contributed by atoms with E-state index < -0.39 is 11.7 Å². The quantitative estimate of drug-likeness (QED) is 0.674. The lowest BCUT2D eigenvalue weighted by Gasteiger charge is -2.27. The Morgan fingerprint density at radius 1 is 1.11 bits per heavy atom. The molecule has 0 N–H and O–H groups in total. The van der Waals surface area contributed by atoms with Crippen molar-refractivity contribution >= 4 is 22.9 Å². The largest absolute Gasteiger partial charge is 0.443 e. The van der Waals surface area contributed by atoms with Crippen molar-refractivity contribution in [2.75, 3.05) is 11.4 Å². The van der Waals surface area contributed by atoms with Gasteiger partial charge in [0.25, 0.3) is 5.56 Å². The summed E-state index contributed by atoms with van der Waals surface area (Å²) in [7, 11) is 0. The Kier molecular flexibility index (Phi) is 5.23. The Bertz CT molecular complexity index is 1070. The first-order valence-electron chi connectivity index (χ1n) is 9.31. The molecule has 3 aromatic rings. The minimum absolute atomic E-state index is 0.225. The zero-order valence-corrected chi connectivity index (χ0v) is 16.9. The first kappa shape index (κ1) is 19.6. The summed E-state index contributed by atoms with van der Waals surface area (Å²) in [5, 5.41) is 0.507. The van der Waals surface area contributed by atoms with E-state index in [0.29, 0.717) is 23.1 Å². The van der Waals surface area contributed by atoms with Crippen molar-refractivity contribution in [2.45, 2.75) is 40.2 Å². The van der Waals surface area contributed by atoms with Gasteiger partial charge in [0.15, 0.2) is 0 Å². The molecule has 0 aliphatic carbocycles. The molecule has 0 aliphatic heterocycles. The average Bonchev–Trinajstić information content (AvgIpc) is 2.63. The van der Waals surface area contributed by atoms with Crippen LogP contribution in [0.1, 0.15) is 33.3 Å². The Balaban J connectivity index is 2.32. The summed E-state index contributed by atoms with van der Waals surface area (Å²) in [6.07, 6.45) is -0.542. The number of benzene rings is 2. The van der Waals surface area contributed by atoms with Crippen LogP contribution in [0.25, 0.3) is 16.6 Å². The normalized spacial score (nSPS) is 11.5. The highest BCUT2D eigenvalue weighted by Gasteiger charge is 2.27. The number of aromatic nitrogens is 2. The van der Waals surface area contributed by atoms with E-state index in [9.17, 15) is 9.59 Å². The van der Waals surface area contributed by atoms with Crippen molar-refractivity contribution in [1.82, 2.24) is 9.55 Å².